The zero-order chi connectivity index (χ0) is 16.3. The van der Waals surface area contributed by atoms with Crippen molar-refractivity contribution in [3.05, 3.63) is 60.2 Å². The van der Waals surface area contributed by atoms with Crippen LogP contribution in [0, 0.1) is 0 Å². The van der Waals surface area contributed by atoms with E-state index in [4.69, 9.17) is 9.47 Å². The maximum Gasteiger partial charge on any atom is 0.277 e. The number of carbonyl (C=O) groups is 1. The third kappa shape index (κ3) is 6.22. The van der Waals surface area contributed by atoms with Crippen LogP contribution in [0.4, 0.5) is 0 Å². The number of benzene rings is 2. The fourth-order valence-corrected chi connectivity index (χ4v) is 1.75. The van der Waals surface area contributed by atoms with E-state index in [1.807, 2.05) is 42.5 Å². The van der Waals surface area contributed by atoms with Gasteiger partial charge in [-0.15, -0.1) is 0 Å². The lowest BCUT2D eigenvalue weighted by molar-refractivity contribution is -0.123. The molecule has 120 valence electrons. The van der Waals surface area contributed by atoms with Crippen molar-refractivity contribution in [2.45, 2.75) is 13.3 Å². The number of carbonyl (C=O) groups excluding carboxylic acids is 1. The third-order valence-corrected chi connectivity index (χ3v) is 2.87. The molecular weight excluding hydrogens is 292 g/mol. The van der Waals surface area contributed by atoms with Crippen LogP contribution in [-0.4, -0.2) is 25.3 Å². The van der Waals surface area contributed by atoms with Gasteiger partial charge in [-0.2, -0.15) is 5.10 Å². The van der Waals surface area contributed by atoms with Crippen molar-refractivity contribution < 1.29 is 14.3 Å². The minimum atomic E-state index is -0.312. The molecule has 0 saturated carbocycles. The molecule has 0 radical (unpaired) electrons. The van der Waals surface area contributed by atoms with Crippen LogP contribution in [0.25, 0.3) is 0 Å². The average Bonchev–Trinajstić information content (AvgIpc) is 2.60. The Hall–Kier alpha value is -2.82. The third-order valence-electron chi connectivity index (χ3n) is 2.87. The van der Waals surface area contributed by atoms with E-state index in [-0.39, 0.29) is 12.5 Å². The van der Waals surface area contributed by atoms with Gasteiger partial charge in [0.25, 0.3) is 5.91 Å². The summed E-state index contributed by atoms with van der Waals surface area (Å²) in [7, 11) is 0. The van der Waals surface area contributed by atoms with E-state index in [9.17, 15) is 4.79 Å². The highest BCUT2D eigenvalue weighted by molar-refractivity contribution is 5.83. The molecule has 1 N–H and O–H groups in total. The molecule has 0 aliphatic rings. The van der Waals surface area contributed by atoms with Crippen LogP contribution in [-0.2, 0) is 4.79 Å². The summed E-state index contributed by atoms with van der Waals surface area (Å²) in [6.45, 7) is 2.68. The van der Waals surface area contributed by atoms with E-state index < -0.39 is 0 Å². The van der Waals surface area contributed by atoms with Crippen LogP contribution in [0.15, 0.2) is 59.7 Å². The van der Waals surface area contributed by atoms with Crippen LogP contribution in [0.3, 0.4) is 0 Å². The minimum Gasteiger partial charge on any atom is -0.494 e. The molecule has 23 heavy (non-hydrogen) atoms. The second-order valence-corrected chi connectivity index (χ2v) is 4.81. The van der Waals surface area contributed by atoms with E-state index in [0.717, 1.165) is 17.7 Å². The van der Waals surface area contributed by atoms with Gasteiger partial charge in [-0.05, 0) is 48.4 Å². The van der Waals surface area contributed by atoms with Gasteiger partial charge >= 0.3 is 0 Å². The first kappa shape index (κ1) is 16.5. The summed E-state index contributed by atoms with van der Waals surface area (Å²) >= 11 is 0. The smallest absolute Gasteiger partial charge is 0.277 e. The second kappa shape index (κ2) is 9.25. The molecule has 0 saturated heterocycles. The van der Waals surface area contributed by atoms with Gasteiger partial charge in [-0.25, -0.2) is 5.43 Å². The molecular formula is C18H20N2O3. The van der Waals surface area contributed by atoms with E-state index in [1.165, 1.54) is 0 Å². The topological polar surface area (TPSA) is 59.9 Å². The largest absolute Gasteiger partial charge is 0.494 e. The first-order valence-electron chi connectivity index (χ1n) is 7.50. The SMILES string of the molecule is CCCOc1ccc(/C=N/NC(=O)COc2ccccc2)cc1. The number of hydrogen-bond acceptors (Lipinski definition) is 4. The highest BCUT2D eigenvalue weighted by atomic mass is 16.5. The molecule has 0 spiro atoms. The quantitative estimate of drug-likeness (QED) is 0.602. The Balaban J connectivity index is 1.74. The monoisotopic (exact) mass is 312 g/mol. The van der Waals surface area contributed by atoms with E-state index >= 15 is 0 Å². The normalized spacial score (nSPS) is 10.5. The van der Waals surface area contributed by atoms with Crippen molar-refractivity contribution in [3.63, 3.8) is 0 Å². The molecule has 5 heteroatoms. The predicted molar refractivity (Wildman–Crippen MR) is 89.9 cm³/mol. The number of ether oxygens (including phenoxy) is 2. The van der Waals surface area contributed by atoms with Crippen LogP contribution >= 0.6 is 0 Å². The minimum absolute atomic E-state index is 0.0782. The Labute approximate surface area is 135 Å². The number of para-hydroxylation sites is 1. The summed E-state index contributed by atoms with van der Waals surface area (Å²) in [5, 5.41) is 3.90. The number of nitrogens with one attached hydrogen (secondary N) is 1. The van der Waals surface area contributed by atoms with Crippen molar-refractivity contribution in [2.24, 2.45) is 5.10 Å². The van der Waals surface area contributed by atoms with Gasteiger partial charge in [-0.3, -0.25) is 4.79 Å². The van der Waals surface area contributed by atoms with Crippen LogP contribution in [0.1, 0.15) is 18.9 Å². The summed E-state index contributed by atoms with van der Waals surface area (Å²) in [5.74, 6) is 1.16. The number of nitrogens with zero attached hydrogens (tertiary/aromatic N) is 1. The Morgan fingerprint density at radius 2 is 1.74 bits per heavy atom. The van der Waals surface area contributed by atoms with E-state index in [1.54, 1.807) is 18.3 Å². The van der Waals surface area contributed by atoms with Crippen molar-refractivity contribution in [1.29, 1.82) is 0 Å². The van der Waals surface area contributed by atoms with Gasteiger partial charge in [-0.1, -0.05) is 25.1 Å². The molecule has 0 heterocycles. The Morgan fingerprint density at radius 3 is 2.43 bits per heavy atom. The predicted octanol–water partition coefficient (Wildman–Crippen LogP) is 3.00. The standard InChI is InChI=1S/C18H20N2O3/c1-2-12-22-17-10-8-15(9-11-17)13-19-20-18(21)14-23-16-6-4-3-5-7-16/h3-11,13H,2,12,14H2,1H3,(H,20,21)/b19-13+. The van der Waals surface area contributed by atoms with Gasteiger partial charge in [0.05, 0.1) is 12.8 Å². The zero-order valence-electron chi connectivity index (χ0n) is 13.1. The number of rotatable bonds is 8. The zero-order valence-corrected chi connectivity index (χ0v) is 13.1. The molecule has 1 amide bonds. The molecule has 0 aliphatic carbocycles. The average molecular weight is 312 g/mol. The lowest BCUT2D eigenvalue weighted by Crippen LogP contribution is -2.24. The van der Waals surface area contributed by atoms with Crippen LogP contribution in [0.5, 0.6) is 11.5 Å². The molecule has 2 aromatic rings. The van der Waals surface area contributed by atoms with Crippen molar-refractivity contribution in [2.75, 3.05) is 13.2 Å². The highest BCUT2D eigenvalue weighted by Crippen LogP contribution is 2.11. The van der Waals surface area contributed by atoms with Crippen LogP contribution in [0.2, 0.25) is 0 Å². The van der Waals surface area contributed by atoms with Crippen molar-refractivity contribution >= 4 is 12.1 Å². The highest BCUT2D eigenvalue weighted by Gasteiger charge is 2.00. The first-order valence-corrected chi connectivity index (χ1v) is 7.50. The number of hydrogen-bond donors (Lipinski definition) is 1. The first-order chi connectivity index (χ1) is 11.3. The fraction of sp³-hybridized carbons (Fsp3) is 0.222. The molecule has 0 fully saturated rings. The Bertz CT molecular complexity index is 624. The molecule has 0 unspecified atom stereocenters. The summed E-state index contributed by atoms with van der Waals surface area (Å²) < 4.78 is 10.8. The molecule has 5 nitrogen and oxygen atoms in total. The summed E-state index contributed by atoms with van der Waals surface area (Å²) in [4.78, 5) is 11.6. The molecule has 0 aliphatic heterocycles. The maximum atomic E-state index is 11.6. The molecule has 0 aromatic heterocycles. The van der Waals surface area contributed by atoms with E-state index in [2.05, 4.69) is 17.5 Å². The lowest BCUT2D eigenvalue weighted by atomic mass is 10.2. The van der Waals surface area contributed by atoms with Gasteiger partial charge in [0.2, 0.25) is 0 Å². The molecule has 0 atom stereocenters. The number of hydrazone groups is 1. The fourth-order valence-electron chi connectivity index (χ4n) is 1.75. The molecule has 2 aromatic carbocycles. The van der Waals surface area contributed by atoms with Gasteiger partial charge < -0.3 is 9.47 Å². The van der Waals surface area contributed by atoms with Crippen molar-refractivity contribution in [1.82, 2.24) is 5.43 Å². The summed E-state index contributed by atoms with van der Waals surface area (Å²) in [6.07, 6.45) is 2.55. The maximum absolute atomic E-state index is 11.6. The summed E-state index contributed by atoms with van der Waals surface area (Å²) in [6, 6.07) is 16.7. The van der Waals surface area contributed by atoms with Crippen molar-refractivity contribution in [3.8, 4) is 11.5 Å². The summed E-state index contributed by atoms with van der Waals surface area (Å²) in [5.41, 5.74) is 3.30. The van der Waals surface area contributed by atoms with Gasteiger partial charge in [0.15, 0.2) is 6.61 Å². The lowest BCUT2D eigenvalue weighted by Gasteiger charge is -2.05. The Kier molecular flexibility index (Phi) is 6.65. The second-order valence-electron chi connectivity index (χ2n) is 4.81. The molecule has 2 rings (SSSR count). The van der Waals surface area contributed by atoms with Gasteiger partial charge in [0, 0.05) is 0 Å². The Morgan fingerprint density at radius 1 is 1.04 bits per heavy atom. The van der Waals surface area contributed by atoms with Crippen LogP contribution < -0.4 is 14.9 Å². The molecule has 0 bridgehead atoms. The van der Waals surface area contributed by atoms with E-state index in [0.29, 0.717) is 12.4 Å². The van der Waals surface area contributed by atoms with Gasteiger partial charge in [0.1, 0.15) is 11.5 Å². The number of amides is 1.